The molecule has 2 heterocycles. The summed E-state index contributed by atoms with van der Waals surface area (Å²) in [4.78, 5) is 15.1. The van der Waals surface area contributed by atoms with Crippen molar-refractivity contribution in [2.24, 2.45) is 0 Å². The Morgan fingerprint density at radius 2 is 1.67 bits per heavy atom. The van der Waals surface area contributed by atoms with E-state index in [1.807, 2.05) is 65.7 Å². The first kappa shape index (κ1) is 19.7. The number of carbonyl (C=O) groups excluding carboxylic acids is 1. The number of benzene rings is 2. The number of anilines is 1. The number of aromatic nitrogens is 1. The molecule has 0 bridgehead atoms. The van der Waals surface area contributed by atoms with Crippen LogP contribution in [0.4, 0.5) is 10.5 Å². The topological polar surface area (TPSA) is 65.0 Å². The molecule has 0 saturated heterocycles. The van der Waals surface area contributed by atoms with Gasteiger partial charge < -0.3 is 29.0 Å². The smallest absolute Gasteiger partial charge is 0.322 e. The van der Waals surface area contributed by atoms with Gasteiger partial charge in [-0.1, -0.05) is 0 Å². The molecule has 2 amide bonds. The average Bonchev–Trinajstić information content (AvgIpc) is 3.27. The minimum absolute atomic E-state index is 0.171. The molecule has 156 valence electrons. The zero-order chi connectivity index (χ0) is 21.1. The van der Waals surface area contributed by atoms with Gasteiger partial charge in [0.05, 0.1) is 21.3 Å². The van der Waals surface area contributed by atoms with Crippen LogP contribution in [-0.2, 0) is 6.54 Å². The monoisotopic (exact) mass is 407 g/mol. The summed E-state index contributed by atoms with van der Waals surface area (Å²) in [5.74, 6) is 2.12. The number of methoxy groups -OCH3 is 3. The number of urea groups is 1. The fourth-order valence-electron chi connectivity index (χ4n) is 3.84. The maximum atomic E-state index is 13.3. The normalized spacial score (nSPS) is 15.3. The van der Waals surface area contributed by atoms with Crippen molar-refractivity contribution in [3.63, 3.8) is 0 Å². The molecule has 7 heteroatoms. The predicted molar refractivity (Wildman–Crippen MR) is 115 cm³/mol. The van der Waals surface area contributed by atoms with E-state index in [2.05, 4.69) is 9.88 Å². The van der Waals surface area contributed by atoms with E-state index in [4.69, 9.17) is 14.2 Å². The highest BCUT2D eigenvalue weighted by Crippen LogP contribution is 2.39. The average molecular weight is 407 g/mol. The van der Waals surface area contributed by atoms with E-state index in [1.165, 1.54) is 0 Å². The van der Waals surface area contributed by atoms with Crippen molar-refractivity contribution in [2.45, 2.75) is 12.6 Å². The summed E-state index contributed by atoms with van der Waals surface area (Å²) in [6.45, 7) is 1.30. The Hall–Kier alpha value is -3.61. The standard InChI is InChI=1S/C23H25N3O4/c1-28-17-8-6-16(7-9-17)24-23(27)26-14-13-25-12-4-5-20(25)22(26)19-11-10-18(29-2)15-21(19)30-3/h4-12,15,22H,13-14H2,1-3H3,(H,24,27). The van der Waals surface area contributed by atoms with E-state index < -0.39 is 0 Å². The molecule has 1 atom stereocenters. The van der Waals surface area contributed by atoms with E-state index >= 15 is 0 Å². The molecule has 0 fully saturated rings. The summed E-state index contributed by atoms with van der Waals surface area (Å²) < 4.78 is 18.3. The van der Waals surface area contributed by atoms with E-state index in [9.17, 15) is 4.79 Å². The molecule has 0 spiro atoms. The van der Waals surface area contributed by atoms with Crippen molar-refractivity contribution in [3.8, 4) is 17.2 Å². The van der Waals surface area contributed by atoms with Crippen LogP contribution < -0.4 is 19.5 Å². The first-order chi connectivity index (χ1) is 14.6. The van der Waals surface area contributed by atoms with Crippen molar-refractivity contribution in [3.05, 3.63) is 72.1 Å². The molecule has 1 N–H and O–H groups in total. The summed E-state index contributed by atoms with van der Waals surface area (Å²) in [5.41, 5.74) is 2.65. The fraction of sp³-hybridized carbons (Fsp3) is 0.261. The molecule has 7 nitrogen and oxygen atoms in total. The zero-order valence-corrected chi connectivity index (χ0v) is 17.3. The van der Waals surface area contributed by atoms with Gasteiger partial charge in [-0.15, -0.1) is 0 Å². The molecule has 30 heavy (non-hydrogen) atoms. The number of fused-ring (bicyclic) bond motifs is 1. The van der Waals surface area contributed by atoms with Gasteiger partial charge in [0.1, 0.15) is 23.3 Å². The molecule has 1 aromatic heterocycles. The largest absolute Gasteiger partial charge is 0.497 e. The number of nitrogens with zero attached hydrogens (tertiary/aromatic N) is 2. The number of hydrogen-bond acceptors (Lipinski definition) is 4. The molecule has 3 aromatic rings. The maximum absolute atomic E-state index is 13.3. The van der Waals surface area contributed by atoms with Gasteiger partial charge in [-0.05, 0) is 48.5 Å². The summed E-state index contributed by atoms with van der Waals surface area (Å²) in [7, 11) is 4.86. The molecule has 1 aliphatic rings. The van der Waals surface area contributed by atoms with Gasteiger partial charge in [0.15, 0.2) is 0 Å². The van der Waals surface area contributed by atoms with Crippen LogP contribution in [-0.4, -0.2) is 43.4 Å². The molecule has 4 rings (SSSR count). The molecule has 2 aromatic carbocycles. The van der Waals surface area contributed by atoms with Crippen LogP contribution in [0.5, 0.6) is 17.2 Å². The van der Waals surface area contributed by atoms with Gasteiger partial charge in [0.25, 0.3) is 0 Å². The van der Waals surface area contributed by atoms with Crippen LogP contribution in [0.25, 0.3) is 0 Å². The van der Waals surface area contributed by atoms with Gasteiger partial charge in [0.2, 0.25) is 0 Å². The van der Waals surface area contributed by atoms with Gasteiger partial charge in [-0.25, -0.2) is 4.79 Å². The van der Waals surface area contributed by atoms with Gasteiger partial charge in [0, 0.05) is 42.3 Å². The molecule has 1 unspecified atom stereocenters. The quantitative estimate of drug-likeness (QED) is 0.690. The predicted octanol–water partition coefficient (Wildman–Crippen LogP) is 4.15. The molecule has 0 saturated carbocycles. The highest BCUT2D eigenvalue weighted by atomic mass is 16.5. The van der Waals surface area contributed by atoms with Crippen LogP contribution in [0.15, 0.2) is 60.8 Å². The summed E-state index contributed by atoms with van der Waals surface area (Å²) in [5, 5.41) is 3.00. The SMILES string of the molecule is COc1ccc(NC(=O)N2CCn3cccc3C2c2ccc(OC)cc2OC)cc1. The fourth-order valence-corrected chi connectivity index (χ4v) is 3.84. The van der Waals surface area contributed by atoms with Gasteiger partial charge in [-0.3, -0.25) is 0 Å². The molecular weight excluding hydrogens is 382 g/mol. The second kappa shape index (κ2) is 8.41. The first-order valence-electron chi connectivity index (χ1n) is 9.73. The van der Waals surface area contributed by atoms with Crippen molar-refractivity contribution in [2.75, 3.05) is 33.2 Å². The van der Waals surface area contributed by atoms with E-state index in [-0.39, 0.29) is 12.1 Å². The van der Waals surface area contributed by atoms with Crippen molar-refractivity contribution < 1.29 is 19.0 Å². The van der Waals surface area contributed by atoms with E-state index in [0.29, 0.717) is 23.7 Å². The van der Waals surface area contributed by atoms with Crippen LogP contribution in [0, 0.1) is 0 Å². The Bertz CT molecular complexity index is 1030. The van der Waals surface area contributed by atoms with Crippen LogP contribution in [0.2, 0.25) is 0 Å². The minimum atomic E-state index is -0.284. The number of nitrogens with one attached hydrogen (secondary N) is 1. The second-order valence-corrected chi connectivity index (χ2v) is 6.99. The second-order valence-electron chi connectivity index (χ2n) is 6.99. The number of hydrogen-bond donors (Lipinski definition) is 1. The van der Waals surface area contributed by atoms with Crippen LogP contribution >= 0.6 is 0 Å². The highest BCUT2D eigenvalue weighted by molar-refractivity contribution is 5.90. The summed E-state index contributed by atoms with van der Waals surface area (Å²) in [6.07, 6.45) is 2.04. The summed E-state index contributed by atoms with van der Waals surface area (Å²) in [6, 6.07) is 16.6. The van der Waals surface area contributed by atoms with Crippen LogP contribution in [0.1, 0.15) is 17.3 Å². The molecular formula is C23H25N3O4. The molecule has 0 aliphatic carbocycles. The Kier molecular flexibility index (Phi) is 5.52. The van der Waals surface area contributed by atoms with Crippen molar-refractivity contribution in [1.82, 2.24) is 9.47 Å². The number of ether oxygens (including phenoxy) is 3. The molecule has 1 aliphatic heterocycles. The lowest BCUT2D eigenvalue weighted by molar-refractivity contribution is 0.180. The molecule has 0 radical (unpaired) electrons. The third-order valence-electron chi connectivity index (χ3n) is 5.38. The van der Waals surface area contributed by atoms with Gasteiger partial charge in [-0.2, -0.15) is 0 Å². The van der Waals surface area contributed by atoms with Crippen molar-refractivity contribution >= 4 is 11.7 Å². The lowest BCUT2D eigenvalue weighted by Gasteiger charge is -2.37. The van der Waals surface area contributed by atoms with E-state index in [1.54, 1.807) is 21.3 Å². The summed E-state index contributed by atoms with van der Waals surface area (Å²) >= 11 is 0. The highest BCUT2D eigenvalue weighted by Gasteiger charge is 2.34. The third kappa shape index (κ3) is 3.66. The Balaban J connectivity index is 1.69. The number of amides is 2. The van der Waals surface area contributed by atoms with E-state index in [0.717, 1.165) is 23.6 Å². The Morgan fingerprint density at radius 1 is 0.933 bits per heavy atom. The Morgan fingerprint density at radius 3 is 2.37 bits per heavy atom. The maximum Gasteiger partial charge on any atom is 0.322 e. The van der Waals surface area contributed by atoms with Crippen molar-refractivity contribution in [1.29, 1.82) is 0 Å². The third-order valence-corrected chi connectivity index (χ3v) is 5.38. The number of carbonyl (C=O) groups is 1. The number of rotatable bonds is 5. The lowest BCUT2D eigenvalue weighted by Crippen LogP contribution is -2.44. The van der Waals surface area contributed by atoms with Crippen LogP contribution in [0.3, 0.4) is 0 Å². The lowest BCUT2D eigenvalue weighted by atomic mass is 9.99. The minimum Gasteiger partial charge on any atom is -0.497 e. The van der Waals surface area contributed by atoms with Gasteiger partial charge >= 0.3 is 6.03 Å². The first-order valence-corrected chi connectivity index (χ1v) is 9.73. The Labute approximate surface area is 175 Å². The zero-order valence-electron chi connectivity index (χ0n) is 17.3.